The monoisotopic (exact) mass is 328 g/mol. The molecule has 1 heterocycles. The Labute approximate surface area is 133 Å². The topological polar surface area (TPSA) is 38.9 Å². The Bertz CT molecular complexity index is 642. The molecule has 0 aliphatic rings. The third-order valence-corrected chi connectivity index (χ3v) is 4.75. The number of hydrogen-bond donors (Lipinski definition) is 1. The molecule has 2 nitrogen and oxygen atoms in total. The fourth-order valence-corrected chi connectivity index (χ4v) is 3.61. The molecule has 5 heteroatoms. The lowest BCUT2D eigenvalue weighted by atomic mass is 9.90. The Morgan fingerprint density at radius 3 is 2.45 bits per heavy atom. The Kier molecular flexibility index (Phi) is 4.33. The molecular formula is C15H18Cl2N2S. The van der Waals surface area contributed by atoms with Gasteiger partial charge in [0.15, 0.2) is 5.13 Å². The van der Waals surface area contributed by atoms with Crippen molar-refractivity contribution in [3.8, 4) is 0 Å². The van der Waals surface area contributed by atoms with Crippen molar-refractivity contribution < 1.29 is 0 Å². The number of nitrogens with zero attached hydrogens (tertiary/aromatic N) is 1. The van der Waals surface area contributed by atoms with Gasteiger partial charge in [-0.1, -0.05) is 44.0 Å². The number of aryl methyl sites for hydroxylation is 1. The average molecular weight is 329 g/mol. The zero-order chi connectivity index (χ0) is 15.1. The lowest BCUT2D eigenvalue weighted by Gasteiger charge is -2.18. The standard InChI is InChI=1S/C15H18Cl2N2S/c1-8-5-11(17)9(6-10(8)16)7-12-13(15(2,3)4)19-14(18)20-12/h5-6H,7H2,1-4H3,(H2,18,19). The van der Waals surface area contributed by atoms with Crippen LogP contribution in [0.2, 0.25) is 10.0 Å². The molecule has 0 saturated carbocycles. The first-order valence-corrected chi connectivity index (χ1v) is 7.96. The molecule has 0 radical (unpaired) electrons. The number of aromatic nitrogens is 1. The van der Waals surface area contributed by atoms with Crippen LogP contribution in [0.25, 0.3) is 0 Å². The largest absolute Gasteiger partial charge is 0.375 e. The van der Waals surface area contributed by atoms with E-state index in [2.05, 4.69) is 25.8 Å². The van der Waals surface area contributed by atoms with E-state index in [0.29, 0.717) is 11.6 Å². The molecule has 2 aromatic rings. The fourth-order valence-electron chi connectivity index (χ4n) is 2.07. The average Bonchev–Trinajstić information content (AvgIpc) is 2.67. The van der Waals surface area contributed by atoms with Gasteiger partial charge in [-0.25, -0.2) is 4.98 Å². The molecule has 0 unspecified atom stereocenters. The number of nitrogens with two attached hydrogens (primary N) is 1. The van der Waals surface area contributed by atoms with E-state index in [9.17, 15) is 0 Å². The molecule has 1 aromatic carbocycles. The van der Waals surface area contributed by atoms with Gasteiger partial charge in [-0.3, -0.25) is 0 Å². The summed E-state index contributed by atoms with van der Waals surface area (Å²) >= 11 is 14.0. The number of halogens is 2. The van der Waals surface area contributed by atoms with Crippen molar-refractivity contribution in [2.24, 2.45) is 0 Å². The Morgan fingerprint density at radius 1 is 1.20 bits per heavy atom. The van der Waals surface area contributed by atoms with Crippen LogP contribution >= 0.6 is 34.5 Å². The number of rotatable bonds is 2. The van der Waals surface area contributed by atoms with Crippen LogP contribution in [-0.4, -0.2) is 4.98 Å². The van der Waals surface area contributed by atoms with Gasteiger partial charge in [0.05, 0.1) is 5.69 Å². The van der Waals surface area contributed by atoms with E-state index in [1.807, 2.05) is 19.1 Å². The molecular weight excluding hydrogens is 311 g/mol. The molecule has 0 fully saturated rings. The molecule has 0 atom stereocenters. The van der Waals surface area contributed by atoms with Gasteiger partial charge in [-0.2, -0.15) is 0 Å². The summed E-state index contributed by atoms with van der Waals surface area (Å²) in [5.74, 6) is 0. The summed E-state index contributed by atoms with van der Waals surface area (Å²) in [6, 6.07) is 3.84. The maximum absolute atomic E-state index is 6.32. The van der Waals surface area contributed by atoms with Gasteiger partial charge in [0, 0.05) is 26.8 Å². The normalized spacial score (nSPS) is 11.9. The molecule has 0 saturated heterocycles. The molecule has 20 heavy (non-hydrogen) atoms. The van der Waals surface area contributed by atoms with Crippen molar-refractivity contribution in [3.63, 3.8) is 0 Å². The van der Waals surface area contributed by atoms with Gasteiger partial charge in [0.2, 0.25) is 0 Å². The SMILES string of the molecule is Cc1cc(Cl)c(Cc2sc(N)nc2C(C)(C)C)cc1Cl. The number of anilines is 1. The molecule has 0 spiro atoms. The molecule has 0 aliphatic carbocycles. The van der Waals surface area contributed by atoms with Crippen LogP contribution in [0.1, 0.15) is 42.5 Å². The summed E-state index contributed by atoms with van der Waals surface area (Å²) in [6.45, 7) is 8.35. The van der Waals surface area contributed by atoms with E-state index in [0.717, 1.165) is 31.7 Å². The highest BCUT2D eigenvalue weighted by Crippen LogP contribution is 2.34. The Balaban J connectivity index is 2.43. The summed E-state index contributed by atoms with van der Waals surface area (Å²) in [4.78, 5) is 5.62. The predicted octanol–water partition coefficient (Wildman–Crippen LogP) is 5.23. The second-order valence-corrected chi connectivity index (χ2v) is 7.87. The van der Waals surface area contributed by atoms with Gasteiger partial charge in [0.1, 0.15) is 0 Å². The van der Waals surface area contributed by atoms with Crippen molar-refractivity contribution >= 4 is 39.7 Å². The maximum atomic E-state index is 6.32. The Morgan fingerprint density at radius 2 is 1.85 bits per heavy atom. The number of thiazole rings is 1. The van der Waals surface area contributed by atoms with Gasteiger partial charge in [0.25, 0.3) is 0 Å². The first-order valence-electron chi connectivity index (χ1n) is 6.38. The summed E-state index contributed by atoms with van der Waals surface area (Å²) in [5.41, 5.74) is 8.86. The predicted molar refractivity (Wildman–Crippen MR) is 89.2 cm³/mol. The lowest BCUT2D eigenvalue weighted by molar-refractivity contribution is 0.568. The first-order chi connectivity index (χ1) is 9.18. The van der Waals surface area contributed by atoms with Crippen LogP contribution in [0.5, 0.6) is 0 Å². The van der Waals surface area contributed by atoms with Crippen molar-refractivity contribution in [1.82, 2.24) is 4.98 Å². The van der Waals surface area contributed by atoms with E-state index >= 15 is 0 Å². The van der Waals surface area contributed by atoms with Gasteiger partial charge >= 0.3 is 0 Å². The molecule has 0 aliphatic heterocycles. The highest BCUT2D eigenvalue weighted by Gasteiger charge is 2.23. The van der Waals surface area contributed by atoms with Crippen LogP contribution in [0.15, 0.2) is 12.1 Å². The zero-order valence-corrected chi connectivity index (χ0v) is 14.4. The Hall–Kier alpha value is -0.770. The van der Waals surface area contributed by atoms with Crippen LogP contribution in [0, 0.1) is 6.92 Å². The van der Waals surface area contributed by atoms with Crippen LogP contribution < -0.4 is 5.73 Å². The van der Waals surface area contributed by atoms with Crippen LogP contribution in [-0.2, 0) is 11.8 Å². The van der Waals surface area contributed by atoms with Gasteiger partial charge < -0.3 is 5.73 Å². The molecule has 2 N–H and O–H groups in total. The smallest absolute Gasteiger partial charge is 0.180 e. The van der Waals surface area contributed by atoms with E-state index in [1.165, 1.54) is 11.3 Å². The number of hydrogen-bond acceptors (Lipinski definition) is 3. The minimum atomic E-state index is -0.0373. The van der Waals surface area contributed by atoms with E-state index in [4.69, 9.17) is 28.9 Å². The minimum Gasteiger partial charge on any atom is -0.375 e. The summed E-state index contributed by atoms with van der Waals surface area (Å²) in [6.07, 6.45) is 0.709. The summed E-state index contributed by atoms with van der Waals surface area (Å²) < 4.78 is 0. The third-order valence-electron chi connectivity index (χ3n) is 3.10. The van der Waals surface area contributed by atoms with E-state index in [1.54, 1.807) is 0 Å². The quantitative estimate of drug-likeness (QED) is 0.819. The zero-order valence-electron chi connectivity index (χ0n) is 12.1. The number of benzene rings is 1. The van der Waals surface area contributed by atoms with Crippen molar-refractivity contribution in [2.45, 2.75) is 39.5 Å². The molecule has 0 amide bonds. The maximum Gasteiger partial charge on any atom is 0.180 e. The van der Waals surface area contributed by atoms with Crippen molar-refractivity contribution in [2.75, 3.05) is 5.73 Å². The second-order valence-electron chi connectivity index (χ2n) is 5.94. The fraction of sp³-hybridized carbons (Fsp3) is 0.400. The molecule has 2 rings (SSSR count). The summed E-state index contributed by atoms with van der Waals surface area (Å²) in [7, 11) is 0. The van der Waals surface area contributed by atoms with Crippen molar-refractivity contribution in [1.29, 1.82) is 0 Å². The summed E-state index contributed by atoms with van der Waals surface area (Å²) in [5, 5.41) is 2.07. The van der Waals surface area contributed by atoms with Crippen molar-refractivity contribution in [3.05, 3.63) is 43.9 Å². The van der Waals surface area contributed by atoms with Crippen LogP contribution in [0.4, 0.5) is 5.13 Å². The number of nitrogen functional groups attached to an aromatic ring is 1. The second kappa shape index (κ2) is 5.55. The lowest BCUT2D eigenvalue weighted by Crippen LogP contribution is -2.14. The molecule has 108 valence electrons. The molecule has 1 aromatic heterocycles. The third kappa shape index (κ3) is 3.27. The highest BCUT2D eigenvalue weighted by atomic mass is 35.5. The van der Waals surface area contributed by atoms with Crippen LogP contribution in [0.3, 0.4) is 0 Å². The highest BCUT2D eigenvalue weighted by molar-refractivity contribution is 7.15. The van der Waals surface area contributed by atoms with E-state index < -0.39 is 0 Å². The first kappa shape index (κ1) is 15.6. The molecule has 0 bridgehead atoms. The minimum absolute atomic E-state index is 0.0373. The van der Waals surface area contributed by atoms with Gasteiger partial charge in [-0.15, -0.1) is 11.3 Å². The van der Waals surface area contributed by atoms with Gasteiger partial charge in [-0.05, 0) is 30.2 Å². The van der Waals surface area contributed by atoms with E-state index in [-0.39, 0.29) is 5.41 Å².